The molecule has 0 atom stereocenters. The van der Waals surface area contributed by atoms with E-state index < -0.39 is 42.6 Å². The van der Waals surface area contributed by atoms with Gasteiger partial charge in [-0.1, -0.05) is 0 Å². The minimum absolute atomic E-state index is 1.35. The molecule has 0 bridgehead atoms. The van der Waals surface area contributed by atoms with Crippen molar-refractivity contribution in [3.63, 3.8) is 0 Å². The molecule has 85 valence electrons. The molecule has 0 aliphatic carbocycles. The van der Waals surface area contributed by atoms with Gasteiger partial charge in [0.05, 0.1) is 6.42 Å². The molecule has 1 heterocycles. The van der Waals surface area contributed by atoms with Gasteiger partial charge >= 0.3 is 4.08 Å². The van der Waals surface area contributed by atoms with Crippen LogP contribution in [0.15, 0.2) is 0 Å². The predicted octanol–water partition coefficient (Wildman–Crippen LogP) is -2.48. The summed E-state index contributed by atoms with van der Waals surface area (Å²) >= 11 is 0. The highest BCUT2D eigenvalue weighted by Crippen LogP contribution is 2.32. The van der Waals surface area contributed by atoms with Gasteiger partial charge in [-0.25, -0.2) is 0 Å². The molecular formula is C4H4NO8S2. The summed E-state index contributed by atoms with van der Waals surface area (Å²) in [6.07, 6.45) is -1.43. The van der Waals surface area contributed by atoms with Crippen LogP contribution in [0.1, 0.15) is 6.42 Å². The van der Waals surface area contributed by atoms with Crippen molar-refractivity contribution in [2.45, 2.75) is 10.5 Å². The molecule has 0 aromatic rings. The highest BCUT2D eigenvalue weighted by atomic mass is 32.3. The summed E-state index contributed by atoms with van der Waals surface area (Å²) in [5.74, 6) is -3.27. The summed E-state index contributed by atoms with van der Waals surface area (Å²) in [7, 11) is -11.0. The van der Waals surface area contributed by atoms with Crippen LogP contribution in [0, 0.1) is 0 Å². The first kappa shape index (κ1) is 12.0. The van der Waals surface area contributed by atoms with Crippen LogP contribution >= 0.6 is 0 Å². The standard InChI is InChI=1S/C4H4NO8S2/c6-2-1-4(3(7)5-2,14(8,9)10)15(11,12)13/h1H2,(H,8,9,10)(H,11,12,13). The Labute approximate surface area is 84.0 Å². The summed E-state index contributed by atoms with van der Waals surface area (Å²) < 4.78 is 56.5. The fourth-order valence-corrected chi connectivity index (χ4v) is 3.26. The van der Waals surface area contributed by atoms with Crippen molar-refractivity contribution in [1.29, 1.82) is 0 Å². The first-order chi connectivity index (χ1) is 6.52. The van der Waals surface area contributed by atoms with E-state index in [1.165, 1.54) is 0 Å². The van der Waals surface area contributed by atoms with Crippen LogP contribution in [-0.4, -0.2) is 41.8 Å². The third-order valence-electron chi connectivity index (χ3n) is 1.77. The average molecular weight is 258 g/mol. The van der Waals surface area contributed by atoms with Gasteiger partial charge in [-0.2, -0.15) is 22.2 Å². The predicted molar refractivity (Wildman–Crippen MR) is 42.6 cm³/mol. The molecule has 1 rings (SSSR count). The van der Waals surface area contributed by atoms with E-state index in [1.54, 1.807) is 0 Å². The molecule has 0 aromatic carbocycles. The smallest absolute Gasteiger partial charge is 0.284 e. The van der Waals surface area contributed by atoms with Gasteiger partial charge < -0.3 is 0 Å². The van der Waals surface area contributed by atoms with Gasteiger partial charge in [0.2, 0.25) is 0 Å². The molecule has 11 heteroatoms. The fraction of sp³-hybridized carbons (Fsp3) is 0.500. The molecule has 1 aliphatic rings. The quantitative estimate of drug-likeness (QED) is 0.407. The summed E-state index contributed by atoms with van der Waals surface area (Å²) in [6.45, 7) is 0. The highest BCUT2D eigenvalue weighted by molar-refractivity contribution is 8.06. The molecule has 0 spiro atoms. The van der Waals surface area contributed by atoms with Crippen molar-refractivity contribution >= 4 is 32.1 Å². The molecule has 15 heavy (non-hydrogen) atoms. The van der Waals surface area contributed by atoms with E-state index in [9.17, 15) is 26.4 Å². The lowest BCUT2D eigenvalue weighted by Crippen LogP contribution is -2.50. The number of rotatable bonds is 2. The van der Waals surface area contributed by atoms with Crippen LogP contribution in [0.3, 0.4) is 0 Å². The number of carbonyl (C=O) groups is 2. The molecule has 1 radical (unpaired) electrons. The van der Waals surface area contributed by atoms with Crippen molar-refractivity contribution in [3.8, 4) is 0 Å². The molecule has 1 fully saturated rings. The molecule has 0 unspecified atom stereocenters. The topological polar surface area (TPSA) is 157 Å². The molecule has 1 saturated heterocycles. The van der Waals surface area contributed by atoms with Gasteiger partial charge in [0.1, 0.15) is 0 Å². The Morgan fingerprint density at radius 2 is 1.47 bits per heavy atom. The maximum Gasteiger partial charge on any atom is 0.310 e. The van der Waals surface area contributed by atoms with Crippen LogP contribution in [0.5, 0.6) is 0 Å². The normalized spacial score (nSPS) is 21.5. The molecule has 0 saturated carbocycles. The number of hydrogen-bond donors (Lipinski definition) is 2. The van der Waals surface area contributed by atoms with Crippen molar-refractivity contribution in [1.82, 2.24) is 5.32 Å². The number of nitrogens with zero attached hydrogens (tertiary/aromatic N) is 1. The lowest BCUT2D eigenvalue weighted by molar-refractivity contribution is -0.125. The van der Waals surface area contributed by atoms with E-state index in [2.05, 4.69) is 5.32 Å². The fourth-order valence-electron chi connectivity index (χ4n) is 1.05. The number of imide groups is 1. The first-order valence-corrected chi connectivity index (χ1v) is 6.13. The van der Waals surface area contributed by atoms with E-state index in [0.29, 0.717) is 0 Å². The summed E-state index contributed by atoms with van der Waals surface area (Å²) in [6, 6.07) is 0. The van der Waals surface area contributed by atoms with Crippen molar-refractivity contribution in [2.24, 2.45) is 0 Å². The zero-order valence-corrected chi connectivity index (χ0v) is 8.45. The van der Waals surface area contributed by atoms with E-state index in [1.807, 2.05) is 0 Å². The Morgan fingerprint density at radius 1 is 1.07 bits per heavy atom. The highest BCUT2D eigenvalue weighted by Gasteiger charge is 2.67. The second-order valence-corrected chi connectivity index (χ2v) is 6.24. The van der Waals surface area contributed by atoms with E-state index >= 15 is 0 Å². The van der Waals surface area contributed by atoms with Crippen LogP contribution in [0.25, 0.3) is 0 Å². The molecule has 1 aliphatic heterocycles. The SMILES string of the molecule is O=C1CC(S(=O)(=O)O)(S(=O)(=O)O)C(=O)[N]1. The molecule has 9 nitrogen and oxygen atoms in total. The Balaban J connectivity index is 3.62. The minimum Gasteiger partial charge on any atom is -0.284 e. The number of carbonyl (C=O) groups excluding carboxylic acids is 2. The Hall–Kier alpha value is -1.04. The second-order valence-electron chi connectivity index (χ2n) is 2.69. The third kappa shape index (κ3) is 1.52. The van der Waals surface area contributed by atoms with Crippen LogP contribution < -0.4 is 5.32 Å². The summed E-state index contributed by atoms with van der Waals surface area (Å²) in [4.78, 5) is 21.6. The maximum atomic E-state index is 10.9. The molecule has 0 aromatic heterocycles. The Kier molecular flexibility index (Phi) is 2.39. The zero-order chi connectivity index (χ0) is 12.1. The van der Waals surface area contributed by atoms with Crippen LogP contribution in [0.2, 0.25) is 0 Å². The largest absolute Gasteiger partial charge is 0.310 e. The third-order valence-corrected chi connectivity index (χ3v) is 5.34. The van der Waals surface area contributed by atoms with Crippen LogP contribution in [-0.2, 0) is 29.8 Å². The van der Waals surface area contributed by atoms with Gasteiger partial charge in [0.25, 0.3) is 32.1 Å². The van der Waals surface area contributed by atoms with E-state index in [0.717, 1.165) is 0 Å². The monoisotopic (exact) mass is 258 g/mol. The molecular weight excluding hydrogens is 254 g/mol. The zero-order valence-electron chi connectivity index (χ0n) is 6.81. The van der Waals surface area contributed by atoms with Crippen molar-refractivity contribution in [2.75, 3.05) is 0 Å². The Bertz CT molecular complexity index is 495. The van der Waals surface area contributed by atoms with E-state index in [-0.39, 0.29) is 0 Å². The van der Waals surface area contributed by atoms with Crippen molar-refractivity contribution < 1.29 is 35.5 Å². The van der Waals surface area contributed by atoms with Gasteiger partial charge in [0, 0.05) is 0 Å². The molecule has 2 amide bonds. The summed E-state index contributed by atoms with van der Waals surface area (Å²) in [5.41, 5.74) is 0. The van der Waals surface area contributed by atoms with Crippen LogP contribution in [0.4, 0.5) is 0 Å². The number of amides is 2. The van der Waals surface area contributed by atoms with Gasteiger partial charge in [-0.3, -0.25) is 18.7 Å². The second kappa shape index (κ2) is 2.98. The lowest BCUT2D eigenvalue weighted by atomic mass is 10.3. The maximum absolute atomic E-state index is 10.9. The molecule has 2 N–H and O–H groups in total. The lowest BCUT2D eigenvalue weighted by Gasteiger charge is -2.16. The van der Waals surface area contributed by atoms with Gasteiger partial charge in [0.15, 0.2) is 0 Å². The Morgan fingerprint density at radius 3 is 1.60 bits per heavy atom. The van der Waals surface area contributed by atoms with Gasteiger partial charge in [-0.05, 0) is 0 Å². The average Bonchev–Trinajstić information content (AvgIpc) is 2.23. The number of hydrogen-bond acceptors (Lipinski definition) is 6. The van der Waals surface area contributed by atoms with Gasteiger partial charge in [-0.15, -0.1) is 0 Å². The van der Waals surface area contributed by atoms with Crippen molar-refractivity contribution in [3.05, 3.63) is 0 Å². The van der Waals surface area contributed by atoms with E-state index in [4.69, 9.17) is 9.11 Å². The minimum atomic E-state index is -5.51. The summed E-state index contributed by atoms with van der Waals surface area (Å²) in [5, 5.41) is 2.52. The first-order valence-electron chi connectivity index (χ1n) is 3.25.